The number of H-pyrrole nitrogens is 1. The number of benzene rings is 2. The first-order valence-corrected chi connectivity index (χ1v) is 10.4. The average Bonchev–Trinajstić information content (AvgIpc) is 3.45. The number of hydrogen-bond acceptors (Lipinski definition) is 4. The summed E-state index contributed by atoms with van der Waals surface area (Å²) in [7, 11) is 0. The minimum Gasteiger partial charge on any atom is -0.478 e. The number of carboxylic acid groups (broad SMARTS) is 1. The number of carbonyl (C=O) groups excluding carboxylic acids is 1. The largest absolute Gasteiger partial charge is 0.478 e. The Morgan fingerprint density at radius 3 is 2.42 bits per heavy atom. The fourth-order valence-corrected chi connectivity index (χ4v) is 4.47. The summed E-state index contributed by atoms with van der Waals surface area (Å²) < 4.78 is 0. The third kappa shape index (κ3) is 3.65. The van der Waals surface area contributed by atoms with Gasteiger partial charge in [-0.3, -0.25) is 5.10 Å². The molecule has 2 amide bonds. The molecule has 2 N–H and O–H groups in total. The third-order valence-electron chi connectivity index (χ3n) is 6.28. The zero-order chi connectivity index (χ0) is 21.4. The molecule has 3 aromatic rings. The highest BCUT2D eigenvalue weighted by atomic mass is 16.4. The summed E-state index contributed by atoms with van der Waals surface area (Å²) in [6.07, 6.45) is 2.41. The lowest BCUT2D eigenvalue weighted by atomic mass is 9.90. The summed E-state index contributed by atoms with van der Waals surface area (Å²) in [6.45, 7) is 2.82. The summed E-state index contributed by atoms with van der Waals surface area (Å²) in [6, 6.07) is 15.1. The number of hydrogen-bond donors (Lipinski definition) is 2. The van der Waals surface area contributed by atoms with Gasteiger partial charge in [-0.25, -0.2) is 14.6 Å². The van der Waals surface area contributed by atoms with E-state index in [2.05, 4.69) is 15.2 Å². The smallest absolute Gasteiger partial charge is 0.336 e. The van der Waals surface area contributed by atoms with Gasteiger partial charge in [0.05, 0.1) is 5.56 Å². The Balaban J connectivity index is 1.20. The highest BCUT2D eigenvalue weighted by molar-refractivity contribution is 5.96. The first-order chi connectivity index (χ1) is 15.1. The van der Waals surface area contributed by atoms with Gasteiger partial charge < -0.3 is 14.9 Å². The number of urea groups is 1. The van der Waals surface area contributed by atoms with Gasteiger partial charge in [0.15, 0.2) is 0 Å². The van der Waals surface area contributed by atoms with Crippen molar-refractivity contribution in [2.45, 2.75) is 18.3 Å². The van der Waals surface area contributed by atoms with Crippen LogP contribution in [0.2, 0.25) is 0 Å². The number of amides is 2. The molecule has 1 aromatic heterocycles. The van der Waals surface area contributed by atoms with Crippen LogP contribution in [0, 0.1) is 0 Å². The second-order valence-corrected chi connectivity index (χ2v) is 8.16. The first-order valence-electron chi connectivity index (χ1n) is 10.4. The van der Waals surface area contributed by atoms with Crippen LogP contribution in [-0.2, 0) is 0 Å². The standard InChI is InChI=1S/C23H23N5O3/c29-22(30)20-4-2-1-3-19(20)16-7-5-15(6-8-16)18-12-28(13-18)23(31)27-10-9-17(11-27)21-24-14-25-26-21/h1-8,14,17-18H,9-13H2,(H,29,30)(H,24,25,26)/t17-/m0/s1. The molecule has 2 aliphatic heterocycles. The molecule has 0 saturated carbocycles. The lowest BCUT2D eigenvalue weighted by Crippen LogP contribution is -2.53. The van der Waals surface area contributed by atoms with Crippen LogP contribution in [-0.4, -0.2) is 68.3 Å². The van der Waals surface area contributed by atoms with Crippen LogP contribution < -0.4 is 0 Å². The van der Waals surface area contributed by atoms with Gasteiger partial charge in [0.2, 0.25) is 0 Å². The number of rotatable bonds is 4. The average molecular weight is 417 g/mol. The van der Waals surface area contributed by atoms with Crippen molar-refractivity contribution < 1.29 is 14.7 Å². The number of likely N-dealkylation sites (tertiary alicyclic amines) is 2. The molecule has 5 rings (SSSR count). The second kappa shape index (κ2) is 7.86. The van der Waals surface area contributed by atoms with Crippen LogP contribution in [0.3, 0.4) is 0 Å². The predicted octanol–water partition coefficient (Wildman–Crippen LogP) is 3.18. The Labute approximate surface area is 179 Å². The van der Waals surface area contributed by atoms with Crippen LogP contribution in [0.5, 0.6) is 0 Å². The monoisotopic (exact) mass is 417 g/mol. The summed E-state index contributed by atoms with van der Waals surface area (Å²) >= 11 is 0. The predicted molar refractivity (Wildman–Crippen MR) is 114 cm³/mol. The molecule has 0 aliphatic carbocycles. The minimum atomic E-state index is -0.930. The molecule has 0 spiro atoms. The van der Waals surface area contributed by atoms with Gasteiger partial charge in [-0.2, -0.15) is 5.10 Å². The SMILES string of the molecule is O=C(O)c1ccccc1-c1ccc(C2CN(C(=O)N3CC[C@H](c4ncn[nH]4)C3)C2)cc1. The van der Waals surface area contributed by atoms with Crippen LogP contribution in [0.15, 0.2) is 54.9 Å². The van der Waals surface area contributed by atoms with Gasteiger partial charge in [0.25, 0.3) is 0 Å². The molecule has 3 heterocycles. The fourth-order valence-electron chi connectivity index (χ4n) is 4.47. The van der Waals surface area contributed by atoms with E-state index in [4.69, 9.17) is 0 Å². The Kier molecular flexibility index (Phi) is 4.89. The first kappa shape index (κ1) is 19.3. The van der Waals surface area contributed by atoms with Gasteiger partial charge in [-0.05, 0) is 29.2 Å². The Morgan fingerprint density at radius 1 is 0.968 bits per heavy atom. The molecule has 0 unspecified atom stereocenters. The van der Waals surface area contributed by atoms with Gasteiger partial charge in [0, 0.05) is 38.0 Å². The van der Waals surface area contributed by atoms with Crippen molar-refractivity contribution in [3.8, 4) is 11.1 Å². The number of carbonyl (C=O) groups is 2. The Bertz CT molecular complexity index is 1090. The van der Waals surface area contributed by atoms with Crippen LogP contribution in [0.4, 0.5) is 4.79 Å². The molecular weight excluding hydrogens is 394 g/mol. The normalized spacial score (nSPS) is 18.8. The number of nitrogens with zero attached hydrogens (tertiary/aromatic N) is 4. The molecule has 2 fully saturated rings. The molecule has 0 radical (unpaired) electrons. The number of aromatic amines is 1. The number of nitrogens with one attached hydrogen (secondary N) is 1. The molecule has 158 valence electrons. The molecule has 2 aliphatic rings. The van der Waals surface area contributed by atoms with Crippen molar-refractivity contribution in [3.63, 3.8) is 0 Å². The van der Waals surface area contributed by atoms with E-state index in [-0.39, 0.29) is 11.9 Å². The van der Waals surface area contributed by atoms with E-state index in [1.807, 2.05) is 46.2 Å². The van der Waals surface area contributed by atoms with Crippen molar-refractivity contribution in [3.05, 3.63) is 71.8 Å². The summed E-state index contributed by atoms with van der Waals surface area (Å²) in [5.41, 5.74) is 3.05. The highest BCUT2D eigenvalue weighted by Gasteiger charge is 2.37. The molecule has 0 bridgehead atoms. The van der Waals surface area contributed by atoms with E-state index in [1.54, 1.807) is 12.1 Å². The topological polar surface area (TPSA) is 102 Å². The van der Waals surface area contributed by atoms with Crippen molar-refractivity contribution in [1.29, 1.82) is 0 Å². The summed E-state index contributed by atoms with van der Waals surface area (Å²) in [4.78, 5) is 32.3. The van der Waals surface area contributed by atoms with Gasteiger partial charge in [0.1, 0.15) is 12.2 Å². The fraction of sp³-hybridized carbons (Fsp3) is 0.304. The lowest BCUT2D eigenvalue weighted by Gasteiger charge is -2.41. The van der Waals surface area contributed by atoms with Gasteiger partial charge >= 0.3 is 12.0 Å². The molecule has 31 heavy (non-hydrogen) atoms. The van der Waals surface area contributed by atoms with Crippen LogP contribution >= 0.6 is 0 Å². The maximum atomic E-state index is 12.8. The van der Waals surface area contributed by atoms with E-state index >= 15 is 0 Å². The Morgan fingerprint density at radius 2 is 1.71 bits per heavy atom. The van der Waals surface area contributed by atoms with Crippen LogP contribution in [0.1, 0.15) is 40.0 Å². The molecule has 1 atom stereocenters. The van der Waals surface area contributed by atoms with E-state index in [0.29, 0.717) is 36.7 Å². The second-order valence-electron chi connectivity index (χ2n) is 8.16. The number of carboxylic acids is 1. The third-order valence-corrected chi connectivity index (χ3v) is 6.28. The maximum absolute atomic E-state index is 12.8. The number of aromatic carboxylic acids is 1. The lowest BCUT2D eigenvalue weighted by molar-refractivity contribution is 0.0697. The van der Waals surface area contributed by atoms with E-state index in [0.717, 1.165) is 24.4 Å². The van der Waals surface area contributed by atoms with Gasteiger partial charge in [-0.1, -0.05) is 42.5 Å². The summed E-state index contributed by atoms with van der Waals surface area (Å²) in [5.74, 6) is 0.451. The molecule has 8 nitrogen and oxygen atoms in total. The van der Waals surface area contributed by atoms with Crippen molar-refractivity contribution in [2.24, 2.45) is 0 Å². The minimum absolute atomic E-state index is 0.0882. The quantitative estimate of drug-likeness (QED) is 0.679. The molecule has 2 saturated heterocycles. The van der Waals surface area contributed by atoms with Crippen molar-refractivity contribution in [2.75, 3.05) is 26.2 Å². The Hall–Kier alpha value is -3.68. The molecule has 8 heteroatoms. The van der Waals surface area contributed by atoms with E-state index in [9.17, 15) is 14.7 Å². The zero-order valence-electron chi connectivity index (χ0n) is 16.9. The maximum Gasteiger partial charge on any atom is 0.336 e. The molecular formula is C23H23N5O3. The van der Waals surface area contributed by atoms with E-state index in [1.165, 1.54) is 11.9 Å². The van der Waals surface area contributed by atoms with Crippen molar-refractivity contribution in [1.82, 2.24) is 25.0 Å². The van der Waals surface area contributed by atoms with E-state index < -0.39 is 5.97 Å². The van der Waals surface area contributed by atoms with Crippen LogP contribution in [0.25, 0.3) is 11.1 Å². The molecule has 2 aromatic carbocycles. The summed E-state index contributed by atoms with van der Waals surface area (Å²) in [5, 5.41) is 16.2. The number of aromatic nitrogens is 3. The van der Waals surface area contributed by atoms with Crippen molar-refractivity contribution >= 4 is 12.0 Å². The van der Waals surface area contributed by atoms with Gasteiger partial charge in [-0.15, -0.1) is 0 Å². The zero-order valence-corrected chi connectivity index (χ0v) is 16.9. The highest BCUT2D eigenvalue weighted by Crippen LogP contribution is 2.32.